The molecule has 1 fully saturated rings. The highest BCUT2D eigenvalue weighted by atomic mass is 16.5. The lowest BCUT2D eigenvalue weighted by Gasteiger charge is -2.29. The van der Waals surface area contributed by atoms with Gasteiger partial charge in [0, 0.05) is 18.2 Å². The number of hydrogen-bond donors (Lipinski definition) is 0. The van der Waals surface area contributed by atoms with Gasteiger partial charge in [-0.25, -0.2) is 4.98 Å². The van der Waals surface area contributed by atoms with Crippen molar-refractivity contribution < 1.29 is 4.74 Å². The molecular weight excluding hydrogens is 214 g/mol. The number of ether oxygens (including phenoxy) is 1. The Morgan fingerprint density at radius 3 is 3.00 bits per heavy atom. The van der Waals surface area contributed by atoms with Crippen molar-refractivity contribution in [3.63, 3.8) is 0 Å². The second kappa shape index (κ2) is 5.15. The molecule has 1 aromatic rings. The molecule has 0 N–H and O–H groups in total. The molecule has 2 rings (SSSR count). The molecule has 4 nitrogen and oxygen atoms in total. The minimum absolute atomic E-state index is 0.443. The molecule has 4 heteroatoms. The van der Waals surface area contributed by atoms with Crippen molar-refractivity contribution in [2.45, 2.75) is 18.8 Å². The Balaban J connectivity index is 2.24. The maximum Gasteiger partial charge on any atom is 0.231 e. The zero-order chi connectivity index (χ0) is 12.3. The van der Waals surface area contributed by atoms with Crippen LogP contribution < -0.4 is 4.74 Å². The fourth-order valence-electron chi connectivity index (χ4n) is 2.33. The molecule has 90 valence electrons. The Kier molecular flexibility index (Phi) is 3.60. The maximum atomic E-state index is 8.91. The summed E-state index contributed by atoms with van der Waals surface area (Å²) in [4.78, 5) is 6.77. The molecule has 0 radical (unpaired) electrons. The molecule has 0 bridgehead atoms. The molecule has 0 spiro atoms. The van der Waals surface area contributed by atoms with E-state index < -0.39 is 0 Å². The van der Waals surface area contributed by atoms with Gasteiger partial charge >= 0.3 is 0 Å². The van der Waals surface area contributed by atoms with E-state index in [9.17, 15) is 0 Å². The van der Waals surface area contributed by atoms with E-state index in [-0.39, 0.29) is 0 Å². The minimum Gasteiger partial charge on any atom is -0.480 e. The van der Waals surface area contributed by atoms with E-state index in [4.69, 9.17) is 10.00 Å². The normalized spacial score (nSPS) is 20.9. The third-order valence-corrected chi connectivity index (χ3v) is 3.24. The Labute approximate surface area is 102 Å². The van der Waals surface area contributed by atoms with Crippen LogP contribution in [0.4, 0.5) is 0 Å². The highest BCUT2D eigenvalue weighted by molar-refractivity contribution is 5.39. The zero-order valence-corrected chi connectivity index (χ0v) is 10.3. The van der Waals surface area contributed by atoms with Crippen molar-refractivity contribution in [2.75, 3.05) is 27.2 Å². The van der Waals surface area contributed by atoms with Crippen LogP contribution in [0.3, 0.4) is 0 Å². The number of aromatic nitrogens is 1. The molecule has 1 atom stereocenters. The fraction of sp³-hybridized carbons (Fsp3) is 0.538. The van der Waals surface area contributed by atoms with Crippen LogP contribution in [0.15, 0.2) is 12.1 Å². The highest BCUT2D eigenvalue weighted by Gasteiger charge is 2.21. The first kappa shape index (κ1) is 11.9. The summed E-state index contributed by atoms with van der Waals surface area (Å²) in [6.45, 7) is 2.19. The molecule has 0 amide bonds. The van der Waals surface area contributed by atoms with Gasteiger partial charge in [-0.2, -0.15) is 5.26 Å². The van der Waals surface area contributed by atoms with Crippen molar-refractivity contribution in [1.29, 1.82) is 5.26 Å². The lowest BCUT2D eigenvalue weighted by Crippen LogP contribution is -2.31. The van der Waals surface area contributed by atoms with Crippen molar-refractivity contribution in [1.82, 2.24) is 9.88 Å². The molecular formula is C13H17N3O. The summed E-state index contributed by atoms with van der Waals surface area (Å²) in [5.41, 5.74) is 1.54. The number of likely N-dealkylation sites (N-methyl/N-ethyl adjacent to an activating group) is 1. The van der Waals surface area contributed by atoms with Crippen LogP contribution in [-0.4, -0.2) is 37.1 Å². The van der Waals surface area contributed by atoms with Gasteiger partial charge in [0.05, 0.1) is 7.11 Å². The first-order valence-electron chi connectivity index (χ1n) is 5.88. The van der Waals surface area contributed by atoms with E-state index in [1.807, 2.05) is 6.07 Å². The van der Waals surface area contributed by atoms with Crippen LogP contribution in [-0.2, 0) is 0 Å². The van der Waals surface area contributed by atoms with Gasteiger partial charge in [0.1, 0.15) is 11.6 Å². The summed E-state index contributed by atoms with van der Waals surface area (Å²) in [6.07, 6.45) is 2.36. The third-order valence-electron chi connectivity index (χ3n) is 3.24. The van der Waals surface area contributed by atoms with Crippen molar-refractivity contribution >= 4 is 0 Å². The van der Waals surface area contributed by atoms with Gasteiger partial charge in [0.2, 0.25) is 5.88 Å². The van der Waals surface area contributed by atoms with Gasteiger partial charge in [-0.05, 0) is 38.6 Å². The average molecular weight is 231 g/mol. The van der Waals surface area contributed by atoms with E-state index in [0.29, 0.717) is 17.4 Å². The van der Waals surface area contributed by atoms with Gasteiger partial charge in [0.15, 0.2) is 0 Å². The second-order valence-corrected chi connectivity index (χ2v) is 4.51. The molecule has 1 saturated heterocycles. The lowest BCUT2D eigenvalue weighted by molar-refractivity contribution is 0.247. The summed E-state index contributed by atoms with van der Waals surface area (Å²) < 4.78 is 5.15. The van der Waals surface area contributed by atoms with Crippen LogP contribution in [0.1, 0.15) is 30.0 Å². The number of hydrogen-bond acceptors (Lipinski definition) is 4. The second-order valence-electron chi connectivity index (χ2n) is 4.51. The summed E-state index contributed by atoms with van der Waals surface area (Å²) in [5, 5.41) is 8.91. The summed E-state index contributed by atoms with van der Waals surface area (Å²) in [5.74, 6) is 0.897. The molecule has 1 aliphatic heterocycles. The van der Waals surface area contributed by atoms with E-state index in [1.165, 1.54) is 6.42 Å². The van der Waals surface area contributed by atoms with Crippen molar-refractivity contribution in [2.24, 2.45) is 0 Å². The quantitative estimate of drug-likeness (QED) is 0.778. The van der Waals surface area contributed by atoms with E-state index >= 15 is 0 Å². The molecule has 0 aromatic carbocycles. The fourth-order valence-corrected chi connectivity index (χ4v) is 2.33. The monoisotopic (exact) mass is 231 g/mol. The molecule has 0 saturated carbocycles. The summed E-state index contributed by atoms with van der Waals surface area (Å²) >= 11 is 0. The minimum atomic E-state index is 0.443. The van der Waals surface area contributed by atoms with Gasteiger partial charge in [-0.15, -0.1) is 0 Å². The standard InChI is InChI=1S/C13H17N3O/c1-16-7-3-4-11(9-16)12-6-5-10(8-14)13(15-12)17-2/h5-6,11H,3-4,7,9H2,1-2H3. The predicted octanol–water partition coefficient (Wildman–Crippen LogP) is 1.77. The Morgan fingerprint density at radius 1 is 1.53 bits per heavy atom. The molecule has 17 heavy (non-hydrogen) atoms. The summed E-state index contributed by atoms with van der Waals surface area (Å²) in [6, 6.07) is 5.84. The number of pyridine rings is 1. The van der Waals surface area contributed by atoms with Crippen molar-refractivity contribution in [3.8, 4) is 11.9 Å². The SMILES string of the molecule is COc1nc(C2CCCN(C)C2)ccc1C#N. The van der Waals surface area contributed by atoms with Gasteiger partial charge < -0.3 is 9.64 Å². The Morgan fingerprint density at radius 2 is 2.35 bits per heavy atom. The van der Waals surface area contributed by atoms with Crippen LogP contribution in [0.5, 0.6) is 5.88 Å². The first-order chi connectivity index (χ1) is 8.24. The highest BCUT2D eigenvalue weighted by Crippen LogP contribution is 2.27. The molecule has 0 aliphatic carbocycles. The number of likely N-dealkylation sites (tertiary alicyclic amines) is 1. The molecule has 2 heterocycles. The van der Waals surface area contributed by atoms with Gasteiger partial charge in [-0.1, -0.05) is 0 Å². The smallest absolute Gasteiger partial charge is 0.231 e. The number of rotatable bonds is 2. The van der Waals surface area contributed by atoms with Crippen LogP contribution in [0, 0.1) is 11.3 Å². The number of nitriles is 1. The first-order valence-corrected chi connectivity index (χ1v) is 5.88. The van der Waals surface area contributed by atoms with Crippen molar-refractivity contribution in [3.05, 3.63) is 23.4 Å². The molecule has 1 aromatic heterocycles. The summed E-state index contributed by atoms with van der Waals surface area (Å²) in [7, 11) is 3.69. The van der Waals surface area contributed by atoms with Crippen LogP contribution in [0.25, 0.3) is 0 Å². The predicted molar refractivity (Wildman–Crippen MR) is 65.0 cm³/mol. The maximum absolute atomic E-state index is 8.91. The number of piperidine rings is 1. The number of methoxy groups -OCH3 is 1. The Hall–Kier alpha value is -1.60. The molecule has 1 aliphatic rings. The van der Waals surface area contributed by atoms with E-state index in [0.717, 1.165) is 25.2 Å². The van der Waals surface area contributed by atoms with Crippen LogP contribution in [0.2, 0.25) is 0 Å². The average Bonchev–Trinajstić information content (AvgIpc) is 2.38. The number of nitrogens with zero attached hydrogens (tertiary/aromatic N) is 3. The van der Waals surface area contributed by atoms with E-state index in [2.05, 4.69) is 23.0 Å². The largest absolute Gasteiger partial charge is 0.480 e. The topological polar surface area (TPSA) is 49.1 Å². The van der Waals surface area contributed by atoms with Gasteiger partial charge in [0.25, 0.3) is 0 Å². The van der Waals surface area contributed by atoms with Gasteiger partial charge in [-0.3, -0.25) is 0 Å². The Bertz CT molecular complexity index is 439. The lowest BCUT2D eigenvalue weighted by atomic mass is 9.94. The molecule has 1 unspecified atom stereocenters. The van der Waals surface area contributed by atoms with Crippen LogP contribution >= 0.6 is 0 Å². The third kappa shape index (κ3) is 2.56. The zero-order valence-electron chi connectivity index (χ0n) is 10.3. The van der Waals surface area contributed by atoms with E-state index in [1.54, 1.807) is 13.2 Å².